The number of esters is 1. The Morgan fingerprint density at radius 2 is 1.82 bits per heavy atom. The van der Waals surface area contributed by atoms with Crippen LogP contribution in [0.1, 0.15) is 22.2 Å². The number of carbonyl (C=O) groups excluding carboxylic acids is 2. The van der Waals surface area contributed by atoms with Crippen molar-refractivity contribution in [2.75, 3.05) is 56.7 Å². The first kappa shape index (κ1) is 24.1. The molecule has 1 amide bonds. The minimum absolute atomic E-state index is 0.0669. The van der Waals surface area contributed by atoms with E-state index in [4.69, 9.17) is 9.47 Å². The molecule has 1 aromatic heterocycles. The second-order valence-corrected chi connectivity index (χ2v) is 9.10. The highest BCUT2D eigenvalue weighted by molar-refractivity contribution is 7.21. The number of fused-ring (bicyclic) bond motifs is 1. The molecule has 4 rings (SSSR count). The van der Waals surface area contributed by atoms with Crippen molar-refractivity contribution in [3.8, 4) is 0 Å². The lowest BCUT2D eigenvalue weighted by Gasteiger charge is -2.35. The zero-order valence-electron chi connectivity index (χ0n) is 19.3. The molecule has 2 aromatic carbocycles. The Balaban J connectivity index is 1.34. The van der Waals surface area contributed by atoms with Crippen molar-refractivity contribution in [2.24, 2.45) is 0 Å². The summed E-state index contributed by atoms with van der Waals surface area (Å²) in [6, 6.07) is 12.3. The highest BCUT2D eigenvalue weighted by Crippen LogP contribution is 2.34. The number of hydrogen-bond acceptors (Lipinski definition) is 7. The molecule has 34 heavy (non-hydrogen) atoms. The van der Waals surface area contributed by atoms with Crippen LogP contribution in [0, 0.1) is 5.82 Å². The van der Waals surface area contributed by atoms with Crippen LogP contribution in [-0.4, -0.2) is 63.2 Å². The largest absolute Gasteiger partial charge is 0.451 e. The molecule has 0 aliphatic carbocycles. The van der Waals surface area contributed by atoms with Gasteiger partial charge in [0.1, 0.15) is 10.7 Å². The number of anilines is 2. The van der Waals surface area contributed by atoms with Gasteiger partial charge in [0.15, 0.2) is 6.61 Å². The summed E-state index contributed by atoms with van der Waals surface area (Å²) in [7, 11) is 1.48. The Hall–Kier alpha value is -3.01. The van der Waals surface area contributed by atoms with E-state index >= 15 is 0 Å². The molecule has 1 saturated heterocycles. The van der Waals surface area contributed by atoms with Crippen LogP contribution < -0.4 is 10.2 Å². The van der Waals surface area contributed by atoms with Gasteiger partial charge in [0.05, 0.1) is 6.61 Å². The molecular weight excluding hydrogens is 457 g/mol. The van der Waals surface area contributed by atoms with Crippen molar-refractivity contribution in [2.45, 2.75) is 13.5 Å². The van der Waals surface area contributed by atoms with Crippen LogP contribution in [-0.2, 0) is 20.9 Å². The molecule has 7 nitrogen and oxygen atoms in total. The van der Waals surface area contributed by atoms with Crippen molar-refractivity contribution in [3.63, 3.8) is 0 Å². The molecule has 0 atom stereocenters. The van der Waals surface area contributed by atoms with E-state index in [1.54, 1.807) is 12.1 Å². The summed E-state index contributed by atoms with van der Waals surface area (Å²) in [5.41, 5.74) is 2.17. The highest BCUT2D eigenvalue weighted by Gasteiger charge is 2.22. The van der Waals surface area contributed by atoms with Gasteiger partial charge in [-0.25, -0.2) is 9.18 Å². The van der Waals surface area contributed by atoms with Crippen molar-refractivity contribution in [1.29, 1.82) is 0 Å². The number of likely N-dealkylation sites (N-methyl/N-ethyl adjacent to an activating group) is 1. The van der Waals surface area contributed by atoms with E-state index in [9.17, 15) is 14.0 Å². The van der Waals surface area contributed by atoms with Crippen LogP contribution in [0.3, 0.4) is 0 Å². The SMILES string of the molecule is CCN1CCN(c2ccc(NC(=O)COC(=O)c3sc4cccc(F)c4c3COC)cc2)CC1. The Kier molecular flexibility index (Phi) is 7.77. The summed E-state index contributed by atoms with van der Waals surface area (Å²) in [6.07, 6.45) is 0. The van der Waals surface area contributed by atoms with E-state index in [1.807, 2.05) is 24.3 Å². The van der Waals surface area contributed by atoms with Gasteiger partial charge < -0.3 is 24.6 Å². The zero-order valence-corrected chi connectivity index (χ0v) is 20.1. The monoisotopic (exact) mass is 485 g/mol. The molecule has 9 heteroatoms. The third-order valence-corrected chi connectivity index (χ3v) is 7.08. The first-order valence-electron chi connectivity index (χ1n) is 11.2. The van der Waals surface area contributed by atoms with Crippen LogP contribution in [0.2, 0.25) is 0 Å². The van der Waals surface area contributed by atoms with E-state index < -0.39 is 24.3 Å². The third kappa shape index (κ3) is 5.38. The zero-order chi connectivity index (χ0) is 24.1. The molecule has 1 N–H and O–H groups in total. The summed E-state index contributed by atoms with van der Waals surface area (Å²) in [6.45, 7) is 6.89. The van der Waals surface area contributed by atoms with Crippen molar-refractivity contribution < 1.29 is 23.5 Å². The molecule has 2 heterocycles. The quantitative estimate of drug-likeness (QED) is 0.484. The Morgan fingerprint density at radius 1 is 1.09 bits per heavy atom. The van der Waals surface area contributed by atoms with Gasteiger partial charge in [0.25, 0.3) is 5.91 Å². The van der Waals surface area contributed by atoms with Crippen molar-refractivity contribution in [1.82, 2.24) is 4.90 Å². The maximum atomic E-state index is 14.3. The minimum Gasteiger partial charge on any atom is -0.451 e. The van der Waals surface area contributed by atoms with Crippen LogP contribution in [0.15, 0.2) is 42.5 Å². The number of hydrogen-bond donors (Lipinski definition) is 1. The lowest BCUT2D eigenvalue weighted by Crippen LogP contribution is -2.46. The Labute approximate surface area is 202 Å². The van der Waals surface area contributed by atoms with Crippen molar-refractivity contribution in [3.05, 3.63) is 58.7 Å². The maximum Gasteiger partial charge on any atom is 0.349 e. The fraction of sp³-hybridized carbons (Fsp3) is 0.360. The maximum absolute atomic E-state index is 14.3. The number of nitrogens with one attached hydrogen (secondary N) is 1. The number of methoxy groups -OCH3 is 1. The first-order chi connectivity index (χ1) is 16.5. The normalized spacial score (nSPS) is 14.4. The Bertz CT molecular complexity index is 1160. The summed E-state index contributed by atoms with van der Waals surface area (Å²) >= 11 is 1.12. The molecular formula is C25H28FN3O4S. The average Bonchev–Trinajstić information content (AvgIpc) is 3.23. The molecule has 0 spiro atoms. The summed E-state index contributed by atoms with van der Waals surface area (Å²) in [5.74, 6) is -1.55. The van der Waals surface area contributed by atoms with Gasteiger partial charge in [-0.1, -0.05) is 13.0 Å². The lowest BCUT2D eigenvalue weighted by atomic mass is 10.1. The average molecular weight is 486 g/mol. The van der Waals surface area contributed by atoms with E-state index in [0.717, 1.165) is 49.7 Å². The molecule has 1 aliphatic rings. The van der Waals surface area contributed by atoms with E-state index in [2.05, 4.69) is 22.0 Å². The Morgan fingerprint density at radius 3 is 2.50 bits per heavy atom. The number of halogens is 1. The van der Waals surface area contributed by atoms with E-state index in [-0.39, 0.29) is 11.5 Å². The van der Waals surface area contributed by atoms with Crippen LogP contribution in [0.5, 0.6) is 0 Å². The van der Waals surface area contributed by atoms with Crippen LogP contribution >= 0.6 is 11.3 Å². The number of nitrogens with zero attached hydrogens (tertiary/aromatic N) is 2. The standard InChI is InChI=1S/C25H28FN3O4S/c1-3-28-11-13-29(14-12-28)18-9-7-17(8-10-18)27-22(30)16-33-25(31)24-19(15-32-2)23-20(26)5-4-6-21(23)34-24/h4-10H,3,11-16H2,1-2H3,(H,27,30). The third-order valence-electron chi connectivity index (χ3n) is 5.91. The summed E-state index contributed by atoms with van der Waals surface area (Å²) in [5, 5.41) is 3.10. The number of carbonyl (C=O) groups is 2. The smallest absolute Gasteiger partial charge is 0.349 e. The van der Waals surface area contributed by atoms with Crippen LogP contribution in [0.4, 0.5) is 15.8 Å². The molecule has 3 aromatic rings. The van der Waals surface area contributed by atoms with Crippen LogP contribution in [0.25, 0.3) is 10.1 Å². The number of benzene rings is 2. The van der Waals surface area contributed by atoms with Gasteiger partial charge in [0.2, 0.25) is 0 Å². The molecule has 1 aliphatic heterocycles. The molecule has 1 fully saturated rings. The second kappa shape index (κ2) is 10.9. The van der Waals surface area contributed by atoms with E-state index in [1.165, 1.54) is 13.2 Å². The van der Waals surface area contributed by atoms with Gasteiger partial charge in [-0.15, -0.1) is 11.3 Å². The number of ether oxygens (including phenoxy) is 2. The second-order valence-electron chi connectivity index (χ2n) is 8.05. The molecule has 0 radical (unpaired) electrons. The lowest BCUT2D eigenvalue weighted by molar-refractivity contribution is -0.119. The number of rotatable bonds is 8. The number of amides is 1. The van der Waals surface area contributed by atoms with Gasteiger partial charge >= 0.3 is 5.97 Å². The van der Waals surface area contributed by atoms with E-state index in [0.29, 0.717) is 21.3 Å². The predicted octanol–water partition coefficient (Wildman–Crippen LogP) is 4.12. The molecule has 0 saturated carbocycles. The molecule has 0 unspecified atom stereocenters. The molecule has 180 valence electrons. The minimum atomic E-state index is -0.677. The topological polar surface area (TPSA) is 71.1 Å². The predicted molar refractivity (Wildman–Crippen MR) is 132 cm³/mol. The van der Waals surface area contributed by atoms with Crippen molar-refractivity contribution >= 4 is 44.7 Å². The van der Waals surface area contributed by atoms with Gasteiger partial charge in [-0.3, -0.25) is 4.79 Å². The van der Waals surface area contributed by atoms with Gasteiger partial charge in [-0.05, 0) is 42.9 Å². The summed E-state index contributed by atoms with van der Waals surface area (Å²) < 4.78 is 25.3. The first-order valence-corrected chi connectivity index (χ1v) is 12.0. The number of thiophene rings is 1. The number of piperazine rings is 1. The van der Waals surface area contributed by atoms with Gasteiger partial charge in [-0.2, -0.15) is 0 Å². The summed E-state index contributed by atoms with van der Waals surface area (Å²) in [4.78, 5) is 30.0. The molecule has 0 bridgehead atoms. The fourth-order valence-corrected chi connectivity index (χ4v) is 5.20. The highest BCUT2D eigenvalue weighted by atomic mass is 32.1. The van der Waals surface area contributed by atoms with Gasteiger partial charge in [0, 0.05) is 60.3 Å². The fourth-order valence-electron chi connectivity index (χ4n) is 4.09.